The lowest BCUT2D eigenvalue weighted by molar-refractivity contribution is -0.141. The number of ketones is 1. The molecule has 0 bridgehead atoms. The van der Waals surface area contributed by atoms with Crippen LogP contribution in [0.4, 0.5) is 17.6 Å². The molecule has 0 spiro atoms. The van der Waals surface area contributed by atoms with Crippen molar-refractivity contribution in [1.82, 2.24) is 4.98 Å². The minimum absolute atomic E-state index is 0.265. The van der Waals surface area contributed by atoms with Gasteiger partial charge in [0.25, 0.3) is 0 Å². The summed E-state index contributed by atoms with van der Waals surface area (Å²) < 4.78 is 51.1. The van der Waals surface area contributed by atoms with Crippen molar-refractivity contribution in [1.29, 1.82) is 0 Å². The molecule has 0 saturated carbocycles. The van der Waals surface area contributed by atoms with E-state index in [0.717, 1.165) is 12.1 Å². The Balaban J connectivity index is 2.47. The number of pyridine rings is 1. The van der Waals surface area contributed by atoms with E-state index in [9.17, 15) is 22.4 Å². The van der Waals surface area contributed by atoms with Crippen molar-refractivity contribution in [3.05, 3.63) is 63.7 Å². The number of hydrogen-bond acceptors (Lipinski definition) is 2. The van der Waals surface area contributed by atoms with Crippen LogP contribution in [0.2, 0.25) is 5.15 Å². The number of rotatable bonds is 2. The summed E-state index contributed by atoms with van der Waals surface area (Å²) in [6, 6.07) is 5.40. The first-order chi connectivity index (χ1) is 9.70. The minimum Gasteiger partial charge on any atom is -0.288 e. The number of carbonyl (C=O) groups is 1. The van der Waals surface area contributed by atoms with E-state index in [1.54, 1.807) is 6.92 Å². The lowest BCUT2D eigenvalue weighted by atomic mass is 10.0. The number of alkyl halides is 3. The van der Waals surface area contributed by atoms with Gasteiger partial charge in [-0.3, -0.25) is 4.79 Å². The van der Waals surface area contributed by atoms with E-state index >= 15 is 0 Å². The number of nitrogens with zero attached hydrogens (tertiary/aromatic N) is 1. The molecule has 21 heavy (non-hydrogen) atoms. The number of hydrogen-bond donors (Lipinski definition) is 0. The van der Waals surface area contributed by atoms with Gasteiger partial charge < -0.3 is 0 Å². The zero-order valence-electron chi connectivity index (χ0n) is 10.6. The zero-order valence-corrected chi connectivity index (χ0v) is 11.4. The highest BCUT2D eigenvalue weighted by Crippen LogP contribution is 2.30. The first kappa shape index (κ1) is 15.4. The Morgan fingerprint density at radius 2 is 1.81 bits per heavy atom. The van der Waals surface area contributed by atoms with Crippen LogP contribution in [0.5, 0.6) is 0 Å². The smallest absolute Gasteiger partial charge is 0.288 e. The number of carbonyl (C=O) groups excluding carboxylic acids is 1. The molecule has 0 saturated heterocycles. The molecule has 2 rings (SSSR count). The van der Waals surface area contributed by atoms with Crippen LogP contribution in [0.15, 0.2) is 30.3 Å². The third kappa shape index (κ3) is 3.21. The summed E-state index contributed by atoms with van der Waals surface area (Å²) >= 11 is 5.62. The lowest BCUT2D eigenvalue weighted by Crippen LogP contribution is -2.11. The fourth-order valence-corrected chi connectivity index (χ4v) is 1.96. The predicted molar refractivity (Wildman–Crippen MR) is 68.8 cm³/mol. The fraction of sp³-hybridized carbons (Fsp3) is 0.143. The summed E-state index contributed by atoms with van der Waals surface area (Å²) in [5.74, 6) is -1.59. The molecule has 0 amide bonds. The van der Waals surface area contributed by atoms with Gasteiger partial charge in [-0.25, -0.2) is 9.37 Å². The molecule has 0 fully saturated rings. The van der Waals surface area contributed by atoms with Gasteiger partial charge >= 0.3 is 6.18 Å². The molecule has 7 heteroatoms. The summed E-state index contributed by atoms with van der Waals surface area (Å²) in [7, 11) is 0. The highest BCUT2D eigenvalue weighted by molar-refractivity contribution is 6.33. The number of aromatic nitrogens is 1. The molecule has 0 N–H and O–H groups in total. The summed E-state index contributed by atoms with van der Waals surface area (Å²) in [6.07, 6.45) is -4.67. The summed E-state index contributed by atoms with van der Waals surface area (Å²) in [6.45, 7) is 1.66. The van der Waals surface area contributed by atoms with E-state index in [4.69, 9.17) is 11.6 Å². The molecule has 1 aromatic carbocycles. The van der Waals surface area contributed by atoms with Crippen LogP contribution in [-0.2, 0) is 6.18 Å². The fourth-order valence-electron chi connectivity index (χ4n) is 1.72. The normalized spacial score (nSPS) is 11.5. The van der Waals surface area contributed by atoms with Crippen molar-refractivity contribution in [2.45, 2.75) is 13.1 Å². The van der Waals surface area contributed by atoms with Gasteiger partial charge in [0.1, 0.15) is 16.7 Å². The van der Waals surface area contributed by atoms with E-state index in [-0.39, 0.29) is 11.1 Å². The van der Waals surface area contributed by atoms with Crippen LogP contribution < -0.4 is 0 Å². The molecule has 0 atom stereocenters. The van der Waals surface area contributed by atoms with Crippen molar-refractivity contribution in [3.63, 3.8) is 0 Å². The average molecular weight is 318 g/mol. The molecule has 0 aliphatic heterocycles. The Kier molecular flexibility index (Phi) is 4.00. The Morgan fingerprint density at radius 1 is 1.14 bits per heavy atom. The van der Waals surface area contributed by atoms with Crippen LogP contribution in [0.1, 0.15) is 27.2 Å². The Morgan fingerprint density at radius 3 is 2.38 bits per heavy atom. The summed E-state index contributed by atoms with van der Waals surface area (Å²) in [5, 5.41) is -0.615. The largest absolute Gasteiger partial charge is 0.433 e. The quantitative estimate of drug-likeness (QED) is 0.466. The van der Waals surface area contributed by atoms with E-state index in [0.29, 0.717) is 11.6 Å². The van der Waals surface area contributed by atoms with Gasteiger partial charge in [-0.1, -0.05) is 23.2 Å². The van der Waals surface area contributed by atoms with E-state index < -0.39 is 28.6 Å². The molecule has 1 heterocycles. The number of halogens is 5. The monoisotopic (exact) mass is 317 g/mol. The Labute approximate surface area is 122 Å². The zero-order chi connectivity index (χ0) is 15.8. The molecule has 0 unspecified atom stereocenters. The Hall–Kier alpha value is -1.95. The van der Waals surface area contributed by atoms with Crippen LogP contribution in [-0.4, -0.2) is 10.8 Å². The van der Waals surface area contributed by atoms with E-state index in [1.165, 1.54) is 12.1 Å². The predicted octanol–water partition coefficient (Wildman–Crippen LogP) is 4.43. The second kappa shape index (κ2) is 5.44. The van der Waals surface area contributed by atoms with Crippen molar-refractivity contribution in [2.75, 3.05) is 0 Å². The molecule has 1 aromatic heterocycles. The topological polar surface area (TPSA) is 30.0 Å². The SMILES string of the molecule is Cc1ccc(F)c(C(=O)c2ccc(C(F)(F)F)nc2Cl)c1. The van der Waals surface area contributed by atoms with Crippen LogP contribution in [0, 0.1) is 12.7 Å². The van der Waals surface area contributed by atoms with E-state index in [2.05, 4.69) is 4.98 Å². The maximum Gasteiger partial charge on any atom is 0.433 e. The van der Waals surface area contributed by atoms with Crippen molar-refractivity contribution < 1.29 is 22.4 Å². The first-order valence-corrected chi connectivity index (χ1v) is 6.12. The molecule has 0 radical (unpaired) electrons. The molecule has 2 aromatic rings. The molecule has 0 aliphatic rings. The second-order valence-electron chi connectivity index (χ2n) is 4.35. The molecule has 2 nitrogen and oxygen atoms in total. The number of aryl methyl sites for hydroxylation is 1. The average Bonchev–Trinajstić information content (AvgIpc) is 2.39. The minimum atomic E-state index is -4.67. The number of benzene rings is 1. The lowest BCUT2D eigenvalue weighted by Gasteiger charge is -2.09. The third-order valence-electron chi connectivity index (χ3n) is 2.75. The van der Waals surface area contributed by atoms with Crippen LogP contribution in [0.3, 0.4) is 0 Å². The summed E-state index contributed by atoms with van der Waals surface area (Å²) in [5.41, 5.74) is -1.13. The van der Waals surface area contributed by atoms with Crippen molar-refractivity contribution >= 4 is 17.4 Å². The van der Waals surface area contributed by atoms with Gasteiger partial charge in [-0.15, -0.1) is 0 Å². The molecular formula is C14H8ClF4NO. The molecular weight excluding hydrogens is 310 g/mol. The Bertz CT molecular complexity index is 713. The highest BCUT2D eigenvalue weighted by Gasteiger charge is 2.33. The van der Waals surface area contributed by atoms with Gasteiger partial charge in [0.15, 0.2) is 5.78 Å². The van der Waals surface area contributed by atoms with Gasteiger partial charge in [0.2, 0.25) is 0 Å². The molecule has 0 aliphatic carbocycles. The van der Waals surface area contributed by atoms with Crippen LogP contribution in [0.25, 0.3) is 0 Å². The highest BCUT2D eigenvalue weighted by atomic mass is 35.5. The summed E-state index contributed by atoms with van der Waals surface area (Å²) in [4.78, 5) is 15.3. The van der Waals surface area contributed by atoms with Gasteiger partial charge in [-0.05, 0) is 31.2 Å². The standard InChI is InChI=1S/C14H8ClF4NO/c1-7-2-4-10(16)9(6-7)12(21)8-3-5-11(14(17,18)19)20-13(8)15/h2-6H,1H3. The maximum absolute atomic E-state index is 13.6. The van der Waals surface area contributed by atoms with E-state index in [1.807, 2.05) is 0 Å². The molecule has 110 valence electrons. The van der Waals surface area contributed by atoms with Gasteiger partial charge in [0, 0.05) is 0 Å². The van der Waals surface area contributed by atoms with Gasteiger partial charge in [-0.2, -0.15) is 13.2 Å². The van der Waals surface area contributed by atoms with Crippen molar-refractivity contribution in [2.24, 2.45) is 0 Å². The van der Waals surface area contributed by atoms with Crippen molar-refractivity contribution in [3.8, 4) is 0 Å². The second-order valence-corrected chi connectivity index (χ2v) is 4.70. The maximum atomic E-state index is 13.6. The van der Waals surface area contributed by atoms with Crippen LogP contribution >= 0.6 is 11.6 Å². The van der Waals surface area contributed by atoms with Gasteiger partial charge in [0.05, 0.1) is 11.1 Å². The third-order valence-corrected chi connectivity index (χ3v) is 3.04. The first-order valence-electron chi connectivity index (χ1n) is 5.74.